The van der Waals surface area contributed by atoms with Crippen LogP contribution in [0, 0.1) is 13.8 Å². The van der Waals surface area contributed by atoms with Crippen LogP contribution in [0.4, 0.5) is 0 Å². The van der Waals surface area contributed by atoms with Gasteiger partial charge in [0.25, 0.3) is 5.56 Å². The van der Waals surface area contributed by atoms with Crippen molar-refractivity contribution < 1.29 is 4.74 Å². The van der Waals surface area contributed by atoms with Crippen molar-refractivity contribution in [3.8, 4) is 5.75 Å². The first-order valence-electron chi connectivity index (χ1n) is 9.85. The molecule has 0 fully saturated rings. The Morgan fingerprint density at radius 3 is 2.81 bits per heavy atom. The van der Waals surface area contributed by atoms with E-state index >= 15 is 0 Å². The van der Waals surface area contributed by atoms with Gasteiger partial charge in [0.05, 0.1) is 12.0 Å². The Kier molecular flexibility index (Phi) is 5.30. The summed E-state index contributed by atoms with van der Waals surface area (Å²) in [6.45, 7) is 5.38. The Morgan fingerprint density at radius 2 is 1.96 bits per heavy atom. The Balaban J connectivity index is 1.44. The number of aryl methyl sites for hydroxylation is 4. The lowest BCUT2D eigenvalue weighted by Gasteiger charge is -2.12. The molecule has 3 aromatic rings. The second kappa shape index (κ2) is 7.85. The van der Waals surface area contributed by atoms with E-state index in [1.54, 1.807) is 11.3 Å². The molecule has 27 heavy (non-hydrogen) atoms. The van der Waals surface area contributed by atoms with Crippen molar-refractivity contribution in [1.82, 2.24) is 9.55 Å². The lowest BCUT2D eigenvalue weighted by atomic mass is 9.97. The molecule has 142 valence electrons. The molecule has 0 N–H and O–H groups in total. The van der Waals surface area contributed by atoms with Crippen molar-refractivity contribution in [2.75, 3.05) is 6.61 Å². The molecule has 0 bridgehead atoms. The normalized spacial score (nSPS) is 13.7. The number of unbranched alkanes of at least 4 members (excludes halogenated alkanes) is 1. The number of rotatable bonds is 6. The minimum absolute atomic E-state index is 0.150. The number of hydrogen-bond donors (Lipinski definition) is 0. The van der Waals surface area contributed by atoms with Crippen molar-refractivity contribution >= 4 is 21.6 Å². The maximum absolute atomic E-state index is 13.1. The fraction of sp³-hybridized carbons (Fsp3) is 0.455. The fourth-order valence-corrected chi connectivity index (χ4v) is 5.17. The number of hydrogen-bond acceptors (Lipinski definition) is 4. The largest absolute Gasteiger partial charge is 0.493 e. The van der Waals surface area contributed by atoms with Crippen LogP contribution in [0.15, 0.2) is 29.1 Å². The number of para-hydroxylation sites is 1. The monoisotopic (exact) mass is 382 g/mol. The Morgan fingerprint density at radius 1 is 1.15 bits per heavy atom. The van der Waals surface area contributed by atoms with Gasteiger partial charge in [0, 0.05) is 11.4 Å². The maximum Gasteiger partial charge on any atom is 0.262 e. The third-order valence-corrected chi connectivity index (χ3v) is 6.58. The fourth-order valence-electron chi connectivity index (χ4n) is 3.88. The Hall–Kier alpha value is -2.14. The molecular formula is C22H26N2O2S. The second-order valence-electron chi connectivity index (χ2n) is 7.33. The molecule has 0 aliphatic heterocycles. The van der Waals surface area contributed by atoms with E-state index in [2.05, 4.69) is 13.0 Å². The summed E-state index contributed by atoms with van der Waals surface area (Å²) in [7, 11) is 0. The molecule has 5 heteroatoms. The standard InChI is InChI=1S/C22H26N2O2S/c1-15-9-3-5-11-18(15)26-14-8-7-13-24-16(2)23-21-20(22(24)25)17-10-4-6-12-19(17)27-21/h3,5,9,11H,4,6-8,10,12-14H2,1-2H3. The van der Waals surface area contributed by atoms with E-state index in [0.29, 0.717) is 13.2 Å². The van der Waals surface area contributed by atoms with Crippen molar-refractivity contribution in [1.29, 1.82) is 0 Å². The summed E-state index contributed by atoms with van der Waals surface area (Å²) >= 11 is 1.72. The molecule has 0 atom stereocenters. The summed E-state index contributed by atoms with van der Waals surface area (Å²) in [5.74, 6) is 1.77. The van der Waals surface area contributed by atoms with Gasteiger partial charge in [-0.3, -0.25) is 9.36 Å². The number of thiophene rings is 1. The van der Waals surface area contributed by atoms with Crippen molar-refractivity contribution in [3.63, 3.8) is 0 Å². The van der Waals surface area contributed by atoms with Gasteiger partial charge in [-0.1, -0.05) is 18.2 Å². The third-order valence-electron chi connectivity index (χ3n) is 5.39. The third kappa shape index (κ3) is 3.65. The van der Waals surface area contributed by atoms with Gasteiger partial charge in [-0.25, -0.2) is 4.98 Å². The van der Waals surface area contributed by atoms with Crippen LogP contribution in [-0.2, 0) is 19.4 Å². The van der Waals surface area contributed by atoms with E-state index < -0.39 is 0 Å². The van der Waals surface area contributed by atoms with Gasteiger partial charge in [-0.15, -0.1) is 11.3 Å². The van der Waals surface area contributed by atoms with Gasteiger partial charge < -0.3 is 4.74 Å². The average Bonchev–Trinajstić information content (AvgIpc) is 3.03. The summed E-state index contributed by atoms with van der Waals surface area (Å²) in [4.78, 5) is 20.2. The summed E-state index contributed by atoms with van der Waals surface area (Å²) in [5, 5.41) is 0.886. The number of benzene rings is 1. The molecule has 1 aliphatic carbocycles. The zero-order valence-electron chi connectivity index (χ0n) is 16.1. The van der Waals surface area contributed by atoms with Crippen LogP contribution in [0.1, 0.15) is 47.5 Å². The molecule has 2 heterocycles. The van der Waals surface area contributed by atoms with E-state index in [1.807, 2.05) is 29.7 Å². The van der Waals surface area contributed by atoms with Crippen LogP contribution < -0.4 is 10.3 Å². The smallest absolute Gasteiger partial charge is 0.262 e. The minimum Gasteiger partial charge on any atom is -0.493 e. The van der Waals surface area contributed by atoms with Gasteiger partial charge in [0.2, 0.25) is 0 Å². The molecule has 4 nitrogen and oxygen atoms in total. The lowest BCUT2D eigenvalue weighted by molar-refractivity contribution is 0.300. The highest BCUT2D eigenvalue weighted by atomic mass is 32.1. The Labute approximate surface area is 163 Å². The van der Waals surface area contributed by atoms with Crippen LogP contribution in [0.25, 0.3) is 10.2 Å². The molecule has 0 amide bonds. The van der Waals surface area contributed by atoms with Crippen molar-refractivity contribution in [2.45, 2.75) is 58.9 Å². The van der Waals surface area contributed by atoms with Gasteiger partial charge >= 0.3 is 0 Å². The van der Waals surface area contributed by atoms with E-state index in [0.717, 1.165) is 53.0 Å². The quantitative estimate of drug-likeness (QED) is 0.575. The predicted molar refractivity (Wildman–Crippen MR) is 111 cm³/mol. The second-order valence-corrected chi connectivity index (χ2v) is 8.41. The van der Waals surface area contributed by atoms with Gasteiger partial charge in [-0.05, 0) is 69.6 Å². The van der Waals surface area contributed by atoms with Gasteiger partial charge in [-0.2, -0.15) is 0 Å². The van der Waals surface area contributed by atoms with E-state index in [1.165, 1.54) is 23.3 Å². The van der Waals surface area contributed by atoms with Gasteiger partial charge in [0.15, 0.2) is 0 Å². The minimum atomic E-state index is 0.150. The zero-order chi connectivity index (χ0) is 18.8. The highest BCUT2D eigenvalue weighted by molar-refractivity contribution is 7.18. The number of ether oxygens (including phenoxy) is 1. The SMILES string of the molecule is Cc1ccccc1OCCCCn1c(C)nc2sc3c(c2c1=O)CCCC3. The van der Waals surface area contributed by atoms with E-state index in [4.69, 9.17) is 9.72 Å². The maximum atomic E-state index is 13.1. The van der Waals surface area contributed by atoms with Gasteiger partial charge in [0.1, 0.15) is 16.4 Å². The van der Waals surface area contributed by atoms with E-state index in [-0.39, 0.29) is 5.56 Å². The van der Waals surface area contributed by atoms with Crippen molar-refractivity contribution in [3.05, 3.63) is 56.4 Å². The molecule has 0 unspecified atom stereocenters. The molecule has 0 saturated heterocycles. The molecule has 1 aromatic carbocycles. The highest BCUT2D eigenvalue weighted by Gasteiger charge is 2.20. The number of aromatic nitrogens is 2. The molecule has 0 radical (unpaired) electrons. The molecular weight excluding hydrogens is 356 g/mol. The molecule has 4 rings (SSSR count). The van der Waals surface area contributed by atoms with Crippen LogP contribution in [0.2, 0.25) is 0 Å². The summed E-state index contributed by atoms with van der Waals surface area (Å²) in [5.41, 5.74) is 2.58. The molecule has 0 saturated carbocycles. The lowest BCUT2D eigenvalue weighted by Crippen LogP contribution is -2.24. The molecule has 0 spiro atoms. The number of nitrogens with zero attached hydrogens (tertiary/aromatic N) is 2. The van der Waals surface area contributed by atoms with Crippen LogP contribution in [0.5, 0.6) is 5.75 Å². The first-order chi connectivity index (χ1) is 13.1. The summed E-state index contributed by atoms with van der Waals surface area (Å²) < 4.78 is 7.72. The molecule has 1 aliphatic rings. The molecule has 2 aromatic heterocycles. The highest BCUT2D eigenvalue weighted by Crippen LogP contribution is 2.33. The number of fused-ring (bicyclic) bond motifs is 3. The summed E-state index contributed by atoms with van der Waals surface area (Å²) in [6, 6.07) is 8.07. The first-order valence-corrected chi connectivity index (χ1v) is 10.7. The zero-order valence-corrected chi connectivity index (χ0v) is 16.9. The Bertz CT molecular complexity index is 1020. The first kappa shape index (κ1) is 18.2. The van der Waals surface area contributed by atoms with Crippen LogP contribution in [-0.4, -0.2) is 16.2 Å². The predicted octanol–water partition coefficient (Wildman–Crippen LogP) is 4.81. The van der Waals surface area contributed by atoms with Crippen LogP contribution in [0.3, 0.4) is 0 Å². The summed E-state index contributed by atoms with van der Waals surface area (Å²) in [6.07, 6.45) is 6.37. The van der Waals surface area contributed by atoms with Crippen molar-refractivity contribution in [2.24, 2.45) is 0 Å². The van der Waals surface area contributed by atoms with E-state index in [9.17, 15) is 4.79 Å². The topological polar surface area (TPSA) is 44.1 Å². The average molecular weight is 383 g/mol. The van der Waals surface area contributed by atoms with Crippen LogP contribution >= 0.6 is 11.3 Å².